The van der Waals surface area contributed by atoms with Crippen LogP contribution in [0.1, 0.15) is 27.2 Å². The van der Waals surface area contributed by atoms with Crippen molar-refractivity contribution < 1.29 is 4.79 Å². The van der Waals surface area contributed by atoms with Gasteiger partial charge in [0.1, 0.15) is 0 Å². The maximum Gasteiger partial charge on any atom is 0.241 e. The fraction of sp³-hybridized carbons (Fsp3) is 0.467. The average molecular weight is 302 g/mol. The number of carbonyl (C=O) groups excluding carboxylic acids is 1. The van der Waals surface area contributed by atoms with Gasteiger partial charge in [0.05, 0.1) is 6.04 Å². The summed E-state index contributed by atoms with van der Waals surface area (Å²) in [6, 6.07) is 6.91. The predicted molar refractivity (Wildman–Crippen MR) is 85.0 cm³/mol. The van der Waals surface area contributed by atoms with Gasteiger partial charge >= 0.3 is 0 Å². The summed E-state index contributed by atoms with van der Waals surface area (Å²) in [5.74, 6) is 0.627. The van der Waals surface area contributed by atoms with Crippen molar-refractivity contribution in [3.05, 3.63) is 24.3 Å². The van der Waals surface area contributed by atoms with Gasteiger partial charge in [-0.2, -0.15) is 0 Å². The first kappa shape index (κ1) is 16.1. The van der Waals surface area contributed by atoms with Crippen LogP contribution in [-0.2, 0) is 11.3 Å². The minimum absolute atomic E-state index is 0.135. The maximum absolute atomic E-state index is 12.2. The Balaban J connectivity index is 2.17. The van der Waals surface area contributed by atoms with Crippen LogP contribution in [0.15, 0.2) is 24.3 Å². The molecule has 1 amide bonds. The van der Waals surface area contributed by atoms with Crippen LogP contribution in [-0.4, -0.2) is 32.2 Å². The van der Waals surface area contributed by atoms with Crippen molar-refractivity contribution in [3.8, 4) is 11.4 Å². The Morgan fingerprint density at radius 2 is 2.18 bits per heavy atom. The lowest BCUT2D eigenvalue weighted by Crippen LogP contribution is -2.40. The van der Waals surface area contributed by atoms with Crippen LogP contribution in [0, 0.1) is 5.92 Å². The smallest absolute Gasteiger partial charge is 0.241 e. The van der Waals surface area contributed by atoms with Gasteiger partial charge in [0, 0.05) is 17.8 Å². The normalized spacial score (nSPS) is 13.6. The molecule has 1 aromatic carbocycles. The molecule has 0 bridgehead atoms. The standard InChI is InChI=1S/C15H22N6O/c1-4-10(3)13(16)15(22)17-12-8-6-7-11(9-12)14-18-19-20-21(14)5-2/h6-10,13H,4-5,16H2,1-3H3,(H,17,22). The third-order valence-corrected chi connectivity index (χ3v) is 3.78. The number of tetrazole rings is 1. The molecule has 1 aromatic heterocycles. The van der Waals surface area contributed by atoms with Crippen LogP contribution in [0.3, 0.4) is 0 Å². The second-order valence-corrected chi connectivity index (χ2v) is 5.30. The van der Waals surface area contributed by atoms with E-state index >= 15 is 0 Å². The Morgan fingerprint density at radius 1 is 1.41 bits per heavy atom. The lowest BCUT2D eigenvalue weighted by molar-refractivity contribution is -0.118. The number of benzene rings is 1. The summed E-state index contributed by atoms with van der Waals surface area (Å²) in [7, 11) is 0. The van der Waals surface area contributed by atoms with Crippen molar-refractivity contribution in [1.29, 1.82) is 0 Å². The molecule has 2 rings (SSSR count). The van der Waals surface area contributed by atoms with Crippen LogP contribution in [0.5, 0.6) is 0 Å². The zero-order valence-electron chi connectivity index (χ0n) is 13.2. The highest BCUT2D eigenvalue weighted by Gasteiger charge is 2.19. The van der Waals surface area contributed by atoms with Gasteiger partial charge in [0.25, 0.3) is 0 Å². The van der Waals surface area contributed by atoms with Gasteiger partial charge in [-0.05, 0) is 35.4 Å². The summed E-state index contributed by atoms with van der Waals surface area (Å²) in [6.07, 6.45) is 0.861. The number of carbonyl (C=O) groups is 1. The summed E-state index contributed by atoms with van der Waals surface area (Å²) in [5.41, 5.74) is 7.48. The van der Waals surface area contributed by atoms with Gasteiger partial charge < -0.3 is 11.1 Å². The van der Waals surface area contributed by atoms with E-state index in [0.29, 0.717) is 18.1 Å². The van der Waals surface area contributed by atoms with E-state index in [2.05, 4.69) is 20.8 Å². The van der Waals surface area contributed by atoms with E-state index in [-0.39, 0.29) is 11.8 Å². The van der Waals surface area contributed by atoms with Gasteiger partial charge in [0.15, 0.2) is 5.82 Å². The van der Waals surface area contributed by atoms with Crippen LogP contribution in [0.25, 0.3) is 11.4 Å². The molecule has 7 nitrogen and oxygen atoms in total. The monoisotopic (exact) mass is 302 g/mol. The van der Waals surface area contributed by atoms with Crippen LogP contribution in [0.4, 0.5) is 5.69 Å². The van der Waals surface area contributed by atoms with E-state index < -0.39 is 6.04 Å². The number of hydrogen-bond donors (Lipinski definition) is 2. The fourth-order valence-electron chi connectivity index (χ4n) is 2.10. The van der Waals surface area contributed by atoms with E-state index in [1.165, 1.54) is 0 Å². The number of aryl methyl sites for hydroxylation is 1. The maximum atomic E-state index is 12.2. The predicted octanol–water partition coefficient (Wildman–Crippen LogP) is 1.67. The largest absolute Gasteiger partial charge is 0.325 e. The molecule has 0 saturated heterocycles. The Bertz CT molecular complexity index is 638. The molecule has 2 unspecified atom stereocenters. The number of aromatic nitrogens is 4. The van der Waals surface area contributed by atoms with E-state index in [9.17, 15) is 4.79 Å². The number of rotatable bonds is 6. The molecule has 22 heavy (non-hydrogen) atoms. The van der Waals surface area contributed by atoms with Crippen LogP contribution in [0.2, 0.25) is 0 Å². The molecule has 0 aliphatic carbocycles. The number of nitrogens with zero attached hydrogens (tertiary/aromatic N) is 4. The van der Waals surface area contributed by atoms with Gasteiger partial charge in [-0.3, -0.25) is 4.79 Å². The Kier molecular flexibility index (Phi) is 5.21. The van der Waals surface area contributed by atoms with Gasteiger partial charge in [0.2, 0.25) is 5.91 Å². The van der Waals surface area contributed by atoms with E-state index in [1.807, 2.05) is 45.0 Å². The second kappa shape index (κ2) is 7.13. The zero-order valence-corrected chi connectivity index (χ0v) is 13.2. The topological polar surface area (TPSA) is 98.7 Å². The molecule has 0 fully saturated rings. The van der Waals surface area contributed by atoms with E-state index in [4.69, 9.17) is 5.73 Å². The lowest BCUT2D eigenvalue weighted by Gasteiger charge is -2.17. The summed E-state index contributed by atoms with van der Waals surface area (Å²) in [6.45, 7) is 6.63. The molecule has 7 heteroatoms. The van der Waals surface area contributed by atoms with Gasteiger partial charge in [-0.1, -0.05) is 32.4 Å². The molecule has 118 valence electrons. The Morgan fingerprint density at radius 3 is 2.86 bits per heavy atom. The highest BCUT2D eigenvalue weighted by molar-refractivity contribution is 5.95. The molecule has 0 aliphatic rings. The van der Waals surface area contributed by atoms with Crippen molar-refractivity contribution in [2.45, 2.75) is 39.8 Å². The fourth-order valence-corrected chi connectivity index (χ4v) is 2.10. The highest BCUT2D eigenvalue weighted by atomic mass is 16.2. The SMILES string of the molecule is CCC(C)C(N)C(=O)Nc1cccc(-c2nnnn2CC)c1. The lowest BCUT2D eigenvalue weighted by atomic mass is 9.99. The summed E-state index contributed by atoms with van der Waals surface area (Å²) >= 11 is 0. The third kappa shape index (κ3) is 3.48. The molecule has 1 heterocycles. The zero-order chi connectivity index (χ0) is 16.1. The molecule has 2 atom stereocenters. The number of amides is 1. The van der Waals surface area contributed by atoms with Gasteiger partial charge in [-0.25, -0.2) is 4.68 Å². The molecule has 0 saturated carbocycles. The minimum Gasteiger partial charge on any atom is -0.325 e. The quantitative estimate of drug-likeness (QED) is 0.845. The molecule has 0 radical (unpaired) electrons. The summed E-state index contributed by atoms with van der Waals surface area (Å²) in [4.78, 5) is 12.2. The first-order valence-corrected chi connectivity index (χ1v) is 7.49. The van der Waals surface area contributed by atoms with Crippen molar-refractivity contribution in [3.63, 3.8) is 0 Å². The minimum atomic E-state index is -0.519. The van der Waals surface area contributed by atoms with E-state index in [1.54, 1.807) is 4.68 Å². The highest BCUT2D eigenvalue weighted by Crippen LogP contribution is 2.20. The molecular formula is C15H22N6O. The second-order valence-electron chi connectivity index (χ2n) is 5.30. The van der Waals surface area contributed by atoms with Crippen molar-refractivity contribution in [2.24, 2.45) is 11.7 Å². The number of hydrogen-bond acceptors (Lipinski definition) is 5. The van der Waals surface area contributed by atoms with Crippen molar-refractivity contribution >= 4 is 11.6 Å². The molecule has 0 aliphatic heterocycles. The molecule has 3 N–H and O–H groups in total. The molecule has 2 aromatic rings. The molecular weight excluding hydrogens is 280 g/mol. The molecule has 0 spiro atoms. The average Bonchev–Trinajstić information content (AvgIpc) is 3.02. The Labute approximate surface area is 129 Å². The number of nitrogens with two attached hydrogens (primary N) is 1. The van der Waals surface area contributed by atoms with E-state index in [0.717, 1.165) is 12.0 Å². The first-order valence-electron chi connectivity index (χ1n) is 7.49. The summed E-state index contributed by atoms with van der Waals surface area (Å²) in [5, 5.41) is 14.5. The first-order chi connectivity index (χ1) is 10.6. The van der Waals surface area contributed by atoms with Crippen molar-refractivity contribution in [2.75, 3.05) is 5.32 Å². The summed E-state index contributed by atoms with van der Waals surface area (Å²) < 4.78 is 1.70. The number of anilines is 1. The van der Waals surface area contributed by atoms with Crippen LogP contribution >= 0.6 is 0 Å². The number of nitrogens with one attached hydrogen (secondary N) is 1. The third-order valence-electron chi connectivity index (χ3n) is 3.78. The van der Waals surface area contributed by atoms with Crippen molar-refractivity contribution in [1.82, 2.24) is 20.2 Å². The Hall–Kier alpha value is -2.28. The van der Waals surface area contributed by atoms with Crippen LogP contribution < -0.4 is 11.1 Å². The van der Waals surface area contributed by atoms with Gasteiger partial charge in [-0.15, -0.1) is 5.10 Å².